The number of aliphatic hydroxyl groups excluding tert-OH is 1. The van der Waals surface area contributed by atoms with Crippen molar-refractivity contribution in [2.24, 2.45) is 0 Å². The molecule has 0 unspecified atom stereocenters. The molecule has 146 valence electrons. The van der Waals surface area contributed by atoms with Gasteiger partial charge in [-0.15, -0.1) is 0 Å². The van der Waals surface area contributed by atoms with Crippen LogP contribution in [0.1, 0.15) is 47.3 Å². The van der Waals surface area contributed by atoms with Crippen LogP contribution in [-0.4, -0.2) is 32.8 Å². The molecule has 4 rings (SSSR count). The van der Waals surface area contributed by atoms with E-state index < -0.39 is 6.10 Å². The van der Waals surface area contributed by atoms with Crippen LogP contribution in [0.15, 0.2) is 47.1 Å². The lowest BCUT2D eigenvalue weighted by Gasteiger charge is -2.28. The van der Waals surface area contributed by atoms with E-state index in [2.05, 4.69) is 26.3 Å². The zero-order valence-electron chi connectivity index (χ0n) is 15.2. The summed E-state index contributed by atoms with van der Waals surface area (Å²) < 4.78 is 15.9. The van der Waals surface area contributed by atoms with Crippen LogP contribution < -0.4 is 5.32 Å². The molecule has 2 heterocycles. The molecular formula is C21H21BrFN3O2. The highest BCUT2D eigenvalue weighted by atomic mass is 79.9. The highest BCUT2D eigenvalue weighted by Gasteiger charge is 2.26. The van der Waals surface area contributed by atoms with Crippen molar-refractivity contribution in [3.8, 4) is 0 Å². The molecular weight excluding hydrogens is 425 g/mol. The SMILES string of the molecule is O=C(N[C@H]1CCCC[C@@H]1O)c1cc(Cc2ccc(Br)c(F)c2)c2cccnn12. The van der Waals surface area contributed by atoms with Gasteiger partial charge in [-0.05, 0) is 76.7 Å². The number of aliphatic hydroxyl groups is 1. The lowest BCUT2D eigenvalue weighted by atomic mass is 9.92. The topological polar surface area (TPSA) is 66.6 Å². The molecule has 0 saturated heterocycles. The number of nitrogens with zero attached hydrogens (tertiary/aromatic N) is 2. The average Bonchev–Trinajstić information content (AvgIpc) is 3.05. The molecule has 2 N–H and O–H groups in total. The summed E-state index contributed by atoms with van der Waals surface area (Å²) >= 11 is 3.17. The second kappa shape index (κ2) is 8.01. The van der Waals surface area contributed by atoms with Crippen LogP contribution in [0.25, 0.3) is 5.52 Å². The molecule has 2 aromatic heterocycles. The predicted octanol–water partition coefficient (Wildman–Crippen LogP) is 3.86. The average molecular weight is 446 g/mol. The van der Waals surface area contributed by atoms with E-state index in [1.807, 2.05) is 18.2 Å². The lowest BCUT2D eigenvalue weighted by molar-refractivity contribution is 0.0712. The smallest absolute Gasteiger partial charge is 0.270 e. The maximum absolute atomic E-state index is 13.9. The van der Waals surface area contributed by atoms with Crippen molar-refractivity contribution in [3.05, 3.63) is 69.7 Å². The van der Waals surface area contributed by atoms with Gasteiger partial charge >= 0.3 is 0 Å². The van der Waals surface area contributed by atoms with Crippen LogP contribution in [0.4, 0.5) is 4.39 Å². The number of rotatable bonds is 4. The Kier molecular flexibility index (Phi) is 5.46. The Hall–Kier alpha value is -2.25. The van der Waals surface area contributed by atoms with E-state index in [-0.39, 0.29) is 17.8 Å². The monoisotopic (exact) mass is 445 g/mol. The zero-order chi connectivity index (χ0) is 19.7. The Balaban J connectivity index is 1.64. The first-order chi connectivity index (χ1) is 13.5. The summed E-state index contributed by atoms with van der Waals surface area (Å²) in [4.78, 5) is 12.9. The van der Waals surface area contributed by atoms with Gasteiger partial charge in [-0.1, -0.05) is 18.9 Å². The van der Waals surface area contributed by atoms with Gasteiger partial charge in [0.15, 0.2) is 0 Å². The third-order valence-electron chi connectivity index (χ3n) is 5.28. The summed E-state index contributed by atoms with van der Waals surface area (Å²) in [7, 11) is 0. The molecule has 28 heavy (non-hydrogen) atoms. The van der Waals surface area contributed by atoms with Gasteiger partial charge in [0.1, 0.15) is 11.5 Å². The van der Waals surface area contributed by atoms with Gasteiger partial charge in [-0.3, -0.25) is 4.79 Å². The number of hydrogen-bond acceptors (Lipinski definition) is 3. The number of halogens is 2. The Morgan fingerprint density at radius 2 is 2.11 bits per heavy atom. The number of hydrogen-bond donors (Lipinski definition) is 2. The molecule has 0 spiro atoms. The minimum absolute atomic E-state index is 0.237. The molecule has 2 atom stereocenters. The molecule has 1 aliphatic carbocycles. The highest BCUT2D eigenvalue weighted by molar-refractivity contribution is 9.10. The second-order valence-electron chi connectivity index (χ2n) is 7.23. The van der Waals surface area contributed by atoms with Crippen molar-refractivity contribution in [2.75, 3.05) is 0 Å². The van der Waals surface area contributed by atoms with Crippen molar-refractivity contribution in [3.63, 3.8) is 0 Å². The molecule has 1 saturated carbocycles. The van der Waals surface area contributed by atoms with Crippen LogP contribution in [0.2, 0.25) is 0 Å². The fraction of sp³-hybridized carbons (Fsp3) is 0.333. The maximum atomic E-state index is 13.9. The summed E-state index contributed by atoms with van der Waals surface area (Å²) in [5.41, 5.74) is 2.93. The minimum atomic E-state index is -0.512. The fourth-order valence-electron chi connectivity index (χ4n) is 3.80. The summed E-state index contributed by atoms with van der Waals surface area (Å²) in [5, 5.41) is 17.4. The Bertz CT molecular complexity index is 1020. The van der Waals surface area contributed by atoms with Gasteiger partial charge in [-0.2, -0.15) is 5.10 Å². The molecule has 5 nitrogen and oxygen atoms in total. The number of carbonyl (C=O) groups excluding carboxylic acids is 1. The first kappa shape index (κ1) is 19.1. The van der Waals surface area contributed by atoms with Crippen LogP contribution in [-0.2, 0) is 6.42 Å². The van der Waals surface area contributed by atoms with Crippen LogP contribution in [0.3, 0.4) is 0 Å². The Morgan fingerprint density at radius 3 is 2.89 bits per heavy atom. The molecule has 0 radical (unpaired) electrons. The summed E-state index contributed by atoms with van der Waals surface area (Å²) in [5.74, 6) is -0.573. The van der Waals surface area contributed by atoms with E-state index in [9.17, 15) is 14.3 Å². The standard InChI is InChI=1S/C21H21BrFN3O2/c22-15-8-7-13(11-16(15)23)10-14-12-19(26-18(14)5-3-9-24-26)21(28)25-17-4-1-2-6-20(17)27/h3,5,7-9,11-12,17,20,27H,1-2,4,6,10H2,(H,25,28)/t17-,20-/m0/s1. The summed E-state index contributed by atoms with van der Waals surface area (Å²) in [6, 6.07) is 10.3. The van der Waals surface area contributed by atoms with Gasteiger partial charge in [0.25, 0.3) is 5.91 Å². The number of aromatic nitrogens is 2. The quantitative estimate of drug-likeness (QED) is 0.640. The van der Waals surface area contributed by atoms with Crippen molar-refractivity contribution >= 4 is 27.4 Å². The molecule has 1 amide bonds. The molecule has 3 aromatic rings. The number of fused-ring (bicyclic) bond motifs is 1. The van der Waals surface area contributed by atoms with E-state index in [0.29, 0.717) is 23.0 Å². The van der Waals surface area contributed by atoms with Crippen molar-refractivity contribution < 1.29 is 14.3 Å². The molecule has 0 bridgehead atoms. The first-order valence-corrected chi connectivity index (χ1v) is 10.2. The third kappa shape index (κ3) is 3.82. The van der Waals surface area contributed by atoms with Crippen molar-refractivity contribution in [2.45, 2.75) is 44.2 Å². The van der Waals surface area contributed by atoms with Crippen molar-refractivity contribution in [1.29, 1.82) is 0 Å². The normalized spacial score (nSPS) is 19.7. The summed E-state index contributed by atoms with van der Waals surface area (Å²) in [6.45, 7) is 0. The van der Waals surface area contributed by atoms with E-state index >= 15 is 0 Å². The number of amides is 1. The second-order valence-corrected chi connectivity index (χ2v) is 8.09. The van der Waals surface area contributed by atoms with Gasteiger partial charge in [0.05, 0.1) is 22.1 Å². The third-order valence-corrected chi connectivity index (χ3v) is 5.92. The molecule has 0 aliphatic heterocycles. The van der Waals surface area contributed by atoms with Crippen LogP contribution in [0.5, 0.6) is 0 Å². The van der Waals surface area contributed by atoms with Crippen LogP contribution in [0, 0.1) is 5.82 Å². The Morgan fingerprint density at radius 1 is 1.29 bits per heavy atom. The maximum Gasteiger partial charge on any atom is 0.270 e. The molecule has 7 heteroatoms. The molecule has 1 fully saturated rings. The largest absolute Gasteiger partial charge is 0.391 e. The zero-order valence-corrected chi connectivity index (χ0v) is 16.8. The predicted molar refractivity (Wildman–Crippen MR) is 108 cm³/mol. The van der Waals surface area contributed by atoms with Gasteiger partial charge in [0.2, 0.25) is 0 Å². The lowest BCUT2D eigenvalue weighted by Crippen LogP contribution is -2.45. The van der Waals surface area contributed by atoms with Crippen LogP contribution >= 0.6 is 15.9 Å². The van der Waals surface area contributed by atoms with E-state index in [1.54, 1.807) is 22.8 Å². The summed E-state index contributed by atoms with van der Waals surface area (Å²) in [6.07, 6.45) is 5.06. The first-order valence-electron chi connectivity index (χ1n) is 9.41. The Labute approximate surface area is 170 Å². The molecule has 1 aliphatic rings. The van der Waals surface area contributed by atoms with Gasteiger partial charge < -0.3 is 10.4 Å². The number of nitrogens with one attached hydrogen (secondary N) is 1. The van der Waals surface area contributed by atoms with Gasteiger partial charge in [-0.25, -0.2) is 8.91 Å². The minimum Gasteiger partial charge on any atom is -0.391 e. The highest BCUT2D eigenvalue weighted by Crippen LogP contribution is 2.23. The fourth-order valence-corrected chi connectivity index (χ4v) is 4.05. The molecule has 1 aromatic carbocycles. The number of benzene rings is 1. The van der Waals surface area contributed by atoms with E-state index in [4.69, 9.17) is 0 Å². The van der Waals surface area contributed by atoms with Gasteiger partial charge in [0, 0.05) is 6.20 Å². The van der Waals surface area contributed by atoms with E-state index in [0.717, 1.165) is 35.9 Å². The number of carbonyl (C=O) groups is 1. The van der Waals surface area contributed by atoms with Crippen molar-refractivity contribution in [1.82, 2.24) is 14.9 Å². The van der Waals surface area contributed by atoms with E-state index in [1.165, 1.54) is 6.07 Å².